The number of hydrogen-bond donors (Lipinski definition) is 1. The van der Waals surface area contributed by atoms with Gasteiger partial charge in [0.25, 0.3) is 0 Å². The van der Waals surface area contributed by atoms with E-state index in [4.69, 9.17) is 11.6 Å². The summed E-state index contributed by atoms with van der Waals surface area (Å²) in [5, 5.41) is 3.67. The Morgan fingerprint density at radius 2 is 1.85 bits per heavy atom. The van der Waals surface area contributed by atoms with E-state index in [0.29, 0.717) is 5.02 Å². The zero-order chi connectivity index (χ0) is 18.7. The van der Waals surface area contributed by atoms with Crippen molar-refractivity contribution in [2.45, 2.75) is 32.4 Å². The van der Waals surface area contributed by atoms with Gasteiger partial charge in [-0.2, -0.15) is 0 Å². The molecule has 0 spiro atoms. The van der Waals surface area contributed by atoms with E-state index < -0.39 is 0 Å². The van der Waals surface area contributed by atoms with Crippen LogP contribution in [0.15, 0.2) is 54.7 Å². The fourth-order valence-electron chi connectivity index (χ4n) is 3.22. The lowest BCUT2D eigenvalue weighted by Crippen LogP contribution is -2.36. The minimum atomic E-state index is -0.300. The van der Waals surface area contributed by atoms with Crippen LogP contribution in [0.4, 0.5) is 0 Å². The average molecular weight is 369 g/mol. The highest BCUT2D eigenvalue weighted by Gasteiger charge is 2.28. The summed E-state index contributed by atoms with van der Waals surface area (Å²) in [7, 11) is 0. The van der Waals surface area contributed by atoms with Crippen molar-refractivity contribution >= 4 is 29.5 Å². The van der Waals surface area contributed by atoms with E-state index in [0.717, 1.165) is 16.7 Å². The zero-order valence-electron chi connectivity index (χ0n) is 14.8. The first-order valence-electron chi connectivity index (χ1n) is 8.56. The number of hydrogen-bond acceptors (Lipinski definition) is 2. The minimum absolute atomic E-state index is 0.0840. The minimum Gasteiger partial charge on any atom is -0.350 e. The molecule has 1 aliphatic heterocycles. The van der Waals surface area contributed by atoms with Crippen LogP contribution in [0.5, 0.6) is 0 Å². The maximum atomic E-state index is 12.6. The molecule has 5 heteroatoms. The number of nitrogens with zero attached hydrogens (tertiary/aromatic N) is 1. The third-order valence-electron chi connectivity index (χ3n) is 4.60. The predicted molar refractivity (Wildman–Crippen MR) is 103 cm³/mol. The van der Waals surface area contributed by atoms with Gasteiger partial charge in [-0.3, -0.25) is 9.59 Å². The van der Waals surface area contributed by atoms with Crippen LogP contribution in [0.3, 0.4) is 0 Å². The van der Waals surface area contributed by atoms with Gasteiger partial charge < -0.3 is 10.2 Å². The van der Waals surface area contributed by atoms with Crippen LogP contribution < -0.4 is 5.32 Å². The van der Waals surface area contributed by atoms with Crippen LogP contribution in [-0.2, 0) is 9.59 Å². The lowest BCUT2D eigenvalue weighted by atomic mass is 9.93. The highest BCUT2D eigenvalue weighted by Crippen LogP contribution is 2.33. The van der Waals surface area contributed by atoms with Crippen LogP contribution in [0.1, 0.15) is 49.0 Å². The summed E-state index contributed by atoms with van der Waals surface area (Å²) in [6.07, 6.45) is 3.87. The molecule has 0 radical (unpaired) electrons. The van der Waals surface area contributed by atoms with E-state index >= 15 is 0 Å². The molecule has 3 rings (SSSR count). The third-order valence-corrected chi connectivity index (χ3v) is 4.85. The van der Waals surface area contributed by atoms with E-state index in [9.17, 15) is 9.59 Å². The molecule has 0 fully saturated rings. The first kappa shape index (κ1) is 18.2. The van der Waals surface area contributed by atoms with Gasteiger partial charge >= 0.3 is 0 Å². The van der Waals surface area contributed by atoms with Crippen molar-refractivity contribution in [3.63, 3.8) is 0 Å². The number of carbonyl (C=O) groups excluding carboxylic acids is 2. The molecule has 2 unspecified atom stereocenters. The first-order chi connectivity index (χ1) is 12.5. The maximum absolute atomic E-state index is 12.6. The van der Waals surface area contributed by atoms with Crippen molar-refractivity contribution in [3.8, 4) is 0 Å². The number of carbonyl (C=O) groups is 2. The summed E-state index contributed by atoms with van der Waals surface area (Å²) in [5.74, 6) is -0.187. The molecule has 1 heterocycles. The molecule has 0 saturated carbocycles. The predicted octanol–water partition coefficient (Wildman–Crippen LogP) is 4.48. The highest BCUT2D eigenvalue weighted by molar-refractivity contribution is 6.30. The van der Waals surface area contributed by atoms with Gasteiger partial charge in [0, 0.05) is 18.1 Å². The summed E-state index contributed by atoms with van der Waals surface area (Å²) in [4.78, 5) is 26.3. The second kappa shape index (κ2) is 7.75. The molecule has 134 valence electrons. The van der Waals surface area contributed by atoms with E-state index in [2.05, 4.69) is 5.32 Å². The molecule has 26 heavy (non-hydrogen) atoms. The number of benzene rings is 2. The zero-order valence-corrected chi connectivity index (χ0v) is 15.5. The molecule has 0 bridgehead atoms. The second-order valence-electron chi connectivity index (χ2n) is 6.43. The van der Waals surface area contributed by atoms with Gasteiger partial charge in [-0.05, 0) is 41.8 Å². The van der Waals surface area contributed by atoms with Crippen LogP contribution >= 0.6 is 11.6 Å². The molecule has 2 aromatic carbocycles. The maximum Gasteiger partial charge on any atom is 0.223 e. The molecule has 4 nitrogen and oxygen atoms in total. The van der Waals surface area contributed by atoms with Crippen LogP contribution in [0.25, 0.3) is 6.08 Å². The van der Waals surface area contributed by atoms with Crippen LogP contribution in [-0.4, -0.2) is 16.7 Å². The fourth-order valence-corrected chi connectivity index (χ4v) is 3.35. The Hall–Kier alpha value is -2.59. The van der Waals surface area contributed by atoms with E-state index in [1.165, 1.54) is 6.92 Å². The molecule has 0 aliphatic carbocycles. The Balaban J connectivity index is 1.75. The van der Waals surface area contributed by atoms with Gasteiger partial charge in [-0.15, -0.1) is 0 Å². The number of fused-ring (bicyclic) bond motifs is 1. The van der Waals surface area contributed by atoms with Crippen molar-refractivity contribution < 1.29 is 9.59 Å². The van der Waals surface area contributed by atoms with Gasteiger partial charge in [0.1, 0.15) is 0 Å². The number of amides is 2. The van der Waals surface area contributed by atoms with Crippen molar-refractivity contribution in [2.24, 2.45) is 0 Å². The Morgan fingerprint density at radius 1 is 1.15 bits per heavy atom. The van der Waals surface area contributed by atoms with Crippen molar-refractivity contribution in [3.05, 3.63) is 76.4 Å². The summed E-state index contributed by atoms with van der Waals surface area (Å²) >= 11 is 5.91. The smallest absolute Gasteiger partial charge is 0.223 e. The SMILES string of the molecule is CC(=O)N1C=Cc2ccccc2C1CC(=O)NC(C)c1ccc(Cl)cc1. The molecule has 1 aliphatic rings. The van der Waals surface area contributed by atoms with E-state index in [1.54, 1.807) is 23.2 Å². The van der Waals surface area contributed by atoms with Crippen molar-refractivity contribution in [1.82, 2.24) is 10.2 Å². The third kappa shape index (κ3) is 3.97. The topological polar surface area (TPSA) is 49.4 Å². The lowest BCUT2D eigenvalue weighted by Gasteiger charge is -2.32. The Kier molecular flexibility index (Phi) is 5.43. The lowest BCUT2D eigenvalue weighted by molar-refractivity contribution is -0.130. The van der Waals surface area contributed by atoms with Crippen LogP contribution in [0.2, 0.25) is 5.02 Å². The van der Waals surface area contributed by atoms with E-state index in [-0.39, 0.29) is 30.3 Å². The standard InChI is InChI=1S/C21H21ClN2O2/c1-14(16-7-9-18(22)10-8-16)23-21(26)13-20-19-6-4-3-5-17(19)11-12-24(20)15(2)25/h3-12,14,20H,13H2,1-2H3,(H,23,26). The summed E-state index contributed by atoms with van der Waals surface area (Å²) in [6.45, 7) is 3.44. The van der Waals surface area contributed by atoms with Gasteiger partial charge in [0.2, 0.25) is 11.8 Å². The van der Waals surface area contributed by atoms with Crippen molar-refractivity contribution in [1.29, 1.82) is 0 Å². The van der Waals surface area contributed by atoms with Crippen molar-refractivity contribution in [2.75, 3.05) is 0 Å². The van der Waals surface area contributed by atoms with Gasteiger partial charge in [-0.25, -0.2) is 0 Å². The Morgan fingerprint density at radius 3 is 2.54 bits per heavy atom. The van der Waals surface area contributed by atoms with Gasteiger partial charge in [-0.1, -0.05) is 48.0 Å². The highest BCUT2D eigenvalue weighted by atomic mass is 35.5. The van der Waals surface area contributed by atoms with Gasteiger partial charge in [0.15, 0.2) is 0 Å². The summed E-state index contributed by atoms with van der Waals surface area (Å²) < 4.78 is 0. The molecule has 2 aromatic rings. The fraction of sp³-hybridized carbons (Fsp3) is 0.238. The molecular formula is C21H21ClN2O2. The molecular weight excluding hydrogens is 348 g/mol. The molecule has 0 aromatic heterocycles. The molecule has 1 N–H and O–H groups in total. The largest absolute Gasteiger partial charge is 0.350 e. The monoisotopic (exact) mass is 368 g/mol. The quantitative estimate of drug-likeness (QED) is 0.864. The van der Waals surface area contributed by atoms with Crippen LogP contribution in [0, 0.1) is 0 Å². The molecule has 0 saturated heterocycles. The second-order valence-corrected chi connectivity index (χ2v) is 6.87. The Labute approximate surface area is 158 Å². The van der Waals surface area contributed by atoms with Gasteiger partial charge in [0.05, 0.1) is 18.5 Å². The first-order valence-corrected chi connectivity index (χ1v) is 8.94. The molecule has 2 atom stereocenters. The summed E-state index contributed by atoms with van der Waals surface area (Å²) in [6, 6.07) is 14.8. The number of halogens is 1. The average Bonchev–Trinajstić information content (AvgIpc) is 2.62. The summed E-state index contributed by atoms with van der Waals surface area (Å²) in [5.41, 5.74) is 3.00. The number of nitrogens with one attached hydrogen (secondary N) is 1. The number of rotatable bonds is 4. The Bertz CT molecular complexity index is 845. The normalized spacial score (nSPS) is 16.7. The van der Waals surface area contributed by atoms with E-state index in [1.807, 2.05) is 49.4 Å². The molecule has 2 amide bonds.